The molecule has 0 radical (unpaired) electrons. The Morgan fingerprint density at radius 3 is 2.82 bits per heavy atom. The minimum Gasteiger partial charge on any atom is -0.344 e. The van der Waals surface area contributed by atoms with Crippen LogP contribution in [0.4, 0.5) is 0 Å². The summed E-state index contributed by atoms with van der Waals surface area (Å²) in [5, 5.41) is 3.18. The first-order valence-corrected chi connectivity index (χ1v) is 4.09. The van der Waals surface area contributed by atoms with Crippen LogP contribution in [0.5, 0.6) is 0 Å². The zero-order valence-corrected chi connectivity index (χ0v) is 7.42. The van der Waals surface area contributed by atoms with Gasteiger partial charge in [0.2, 0.25) is 5.91 Å². The van der Waals surface area contributed by atoms with Crippen LogP contribution in [0.2, 0.25) is 0 Å². The lowest BCUT2D eigenvalue weighted by molar-refractivity contribution is -0.131. The van der Waals surface area contributed by atoms with E-state index in [4.69, 9.17) is 0 Å². The number of amides is 1. The zero-order valence-electron chi connectivity index (χ0n) is 7.42. The quantitative estimate of drug-likeness (QED) is 0.538. The summed E-state index contributed by atoms with van der Waals surface area (Å²) in [7, 11) is 1.86. The lowest BCUT2D eigenvalue weighted by Gasteiger charge is -2.17. The molecule has 1 N–H and O–H groups in total. The zero-order chi connectivity index (χ0) is 8.43. The Morgan fingerprint density at radius 1 is 1.55 bits per heavy atom. The van der Waals surface area contributed by atoms with Crippen molar-refractivity contribution in [3.63, 3.8) is 0 Å². The van der Waals surface area contributed by atoms with Gasteiger partial charge in [0.1, 0.15) is 0 Å². The van der Waals surface area contributed by atoms with Crippen molar-refractivity contribution >= 4 is 5.91 Å². The lowest BCUT2D eigenvalue weighted by Crippen LogP contribution is -2.39. The first-order chi connectivity index (χ1) is 5.11. The third-order valence-corrected chi connectivity index (χ3v) is 2.10. The molecular formula is C8H16N2O. The van der Waals surface area contributed by atoms with Gasteiger partial charge in [0, 0.05) is 20.1 Å². The van der Waals surface area contributed by atoms with Gasteiger partial charge >= 0.3 is 0 Å². The second-order valence-corrected chi connectivity index (χ2v) is 3.45. The number of hydrogen-bond acceptors (Lipinski definition) is 2. The van der Waals surface area contributed by atoms with Crippen molar-refractivity contribution in [2.75, 3.05) is 20.1 Å². The first-order valence-electron chi connectivity index (χ1n) is 4.09. The fourth-order valence-corrected chi connectivity index (χ4v) is 1.42. The average Bonchev–Trinajstić information content (AvgIpc) is 2.05. The topological polar surface area (TPSA) is 32.3 Å². The Bertz CT molecular complexity index is 158. The summed E-state index contributed by atoms with van der Waals surface area (Å²) in [4.78, 5) is 13.2. The minimum atomic E-state index is -0.00931. The van der Waals surface area contributed by atoms with Gasteiger partial charge in [0.25, 0.3) is 0 Å². The normalized spacial score (nSPS) is 33.7. The highest BCUT2D eigenvalue weighted by Gasteiger charge is 2.22. The van der Waals surface area contributed by atoms with Crippen LogP contribution in [0.25, 0.3) is 0 Å². The van der Waals surface area contributed by atoms with Crippen LogP contribution in [0.15, 0.2) is 0 Å². The van der Waals surface area contributed by atoms with E-state index in [2.05, 4.69) is 12.2 Å². The monoisotopic (exact) mass is 156 g/mol. The van der Waals surface area contributed by atoms with Crippen LogP contribution in [-0.4, -0.2) is 37.0 Å². The van der Waals surface area contributed by atoms with Gasteiger partial charge < -0.3 is 10.2 Å². The maximum atomic E-state index is 11.4. The van der Waals surface area contributed by atoms with Crippen LogP contribution in [0.1, 0.15) is 13.8 Å². The maximum Gasteiger partial charge on any atom is 0.239 e. The van der Waals surface area contributed by atoms with E-state index < -0.39 is 0 Å². The molecule has 2 unspecified atom stereocenters. The van der Waals surface area contributed by atoms with Crippen molar-refractivity contribution < 1.29 is 4.79 Å². The fourth-order valence-electron chi connectivity index (χ4n) is 1.42. The van der Waals surface area contributed by atoms with Gasteiger partial charge in [-0.2, -0.15) is 0 Å². The van der Waals surface area contributed by atoms with Crippen LogP contribution in [0, 0.1) is 5.92 Å². The van der Waals surface area contributed by atoms with Crippen molar-refractivity contribution in [3.8, 4) is 0 Å². The summed E-state index contributed by atoms with van der Waals surface area (Å²) in [5.41, 5.74) is 0. The highest BCUT2D eigenvalue weighted by atomic mass is 16.2. The molecule has 1 saturated heterocycles. The van der Waals surface area contributed by atoms with Crippen LogP contribution >= 0.6 is 0 Å². The summed E-state index contributed by atoms with van der Waals surface area (Å²) >= 11 is 0. The second kappa shape index (κ2) is 3.22. The molecule has 0 bridgehead atoms. The van der Waals surface area contributed by atoms with Crippen LogP contribution < -0.4 is 5.32 Å². The molecule has 0 saturated carbocycles. The molecule has 1 fully saturated rings. The largest absolute Gasteiger partial charge is 0.344 e. The summed E-state index contributed by atoms with van der Waals surface area (Å²) in [6.07, 6.45) is 0. The van der Waals surface area contributed by atoms with Gasteiger partial charge in [-0.25, -0.2) is 0 Å². The molecule has 11 heavy (non-hydrogen) atoms. The molecule has 3 nitrogen and oxygen atoms in total. The van der Waals surface area contributed by atoms with E-state index in [9.17, 15) is 4.79 Å². The van der Waals surface area contributed by atoms with Gasteiger partial charge in [-0.15, -0.1) is 0 Å². The summed E-state index contributed by atoms with van der Waals surface area (Å²) in [6, 6.07) is -0.00931. The van der Waals surface area contributed by atoms with Crippen LogP contribution in [-0.2, 0) is 4.79 Å². The van der Waals surface area contributed by atoms with E-state index in [0.717, 1.165) is 13.1 Å². The Balaban J connectivity index is 2.61. The standard InChI is InChI=1S/C8H16N2O/c1-6-4-9-7(2)8(11)10(3)5-6/h6-7,9H,4-5H2,1-3H3. The van der Waals surface area contributed by atoms with Gasteiger partial charge in [-0.1, -0.05) is 6.92 Å². The number of rotatable bonds is 0. The summed E-state index contributed by atoms with van der Waals surface area (Å²) in [5.74, 6) is 0.767. The smallest absolute Gasteiger partial charge is 0.239 e. The third kappa shape index (κ3) is 1.93. The number of carbonyl (C=O) groups excluding carboxylic acids is 1. The predicted octanol–water partition coefficient (Wildman–Crippen LogP) is 0.0726. The average molecular weight is 156 g/mol. The predicted molar refractivity (Wildman–Crippen MR) is 44.3 cm³/mol. The molecular weight excluding hydrogens is 140 g/mol. The third-order valence-electron chi connectivity index (χ3n) is 2.10. The second-order valence-electron chi connectivity index (χ2n) is 3.45. The number of nitrogens with one attached hydrogen (secondary N) is 1. The van der Waals surface area contributed by atoms with Gasteiger partial charge in [0.05, 0.1) is 6.04 Å². The van der Waals surface area contributed by atoms with Crippen molar-refractivity contribution in [3.05, 3.63) is 0 Å². The molecule has 0 aromatic rings. The molecule has 0 spiro atoms. The SMILES string of the molecule is CC1CNC(C)C(=O)N(C)C1. The number of likely N-dealkylation sites (N-methyl/N-ethyl adjacent to an activating group) is 1. The lowest BCUT2D eigenvalue weighted by atomic mass is 10.2. The molecule has 0 aromatic heterocycles. The molecule has 0 aliphatic carbocycles. The van der Waals surface area contributed by atoms with E-state index >= 15 is 0 Å². The van der Waals surface area contributed by atoms with E-state index in [1.165, 1.54) is 0 Å². The fraction of sp³-hybridized carbons (Fsp3) is 0.875. The molecule has 1 aliphatic heterocycles. The maximum absolute atomic E-state index is 11.4. The molecule has 2 atom stereocenters. The Morgan fingerprint density at radius 2 is 2.18 bits per heavy atom. The van der Waals surface area contributed by atoms with Crippen LogP contribution in [0.3, 0.4) is 0 Å². The van der Waals surface area contributed by atoms with Gasteiger partial charge in [0.15, 0.2) is 0 Å². The van der Waals surface area contributed by atoms with Crippen molar-refractivity contribution in [1.29, 1.82) is 0 Å². The minimum absolute atomic E-state index is 0.00931. The summed E-state index contributed by atoms with van der Waals surface area (Å²) in [6.45, 7) is 5.87. The summed E-state index contributed by atoms with van der Waals surface area (Å²) < 4.78 is 0. The molecule has 1 heterocycles. The number of carbonyl (C=O) groups is 1. The van der Waals surface area contributed by atoms with Crippen molar-refractivity contribution in [2.24, 2.45) is 5.92 Å². The van der Waals surface area contributed by atoms with Crippen molar-refractivity contribution in [1.82, 2.24) is 10.2 Å². The van der Waals surface area contributed by atoms with Crippen molar-refractivity contribution in [2.45, 2.75) is 19.9 Å². The van der Waals surface area contributed by atoms with Gasteiger partial charge in [-0.3, -0.25) is 4.79 Å². The molecule has 0 aromatic carbocycles. The highest BCUT2D eigenvalue weighted by Crippen LogP contribution is 2.04. The van der Waals surface area contributed by atoms with E-state index in [1.807, 2.05) is 14.0 Å². The molecule has 64 valence electrons. The number of nitrogens with zero attached hydrogens (tertiary/aromatic N) is 1. The molecule has 1 aliphatic rings. The first kappa shape index (κ1) is 8.53. The van der Waals surface area contributed by atoms with E-state index in [0.29, 0.717) is 5.92 Å². The van der Waals surface area contributed by atoms with Gasteiger partial charge in [-0.05, 0) is 12.8 Å². The molecule has 1 amide bonds. The Kier molecular flexibility index (Phi) is 2.49. The Hall–Kier alpha value is -0.570. The highest BCUT2D eigenvalue weighted by molar-refractivity contribution is 5.81. The molecule has 3 heteroatoms. The van der Waals surface area contributed by atoms with E-state index in [-0.39, 0.29) is 11.9 Å². The Labute approximate surface area is 67.8 Å². The molecule has 1 rings (SSSR count). The van der Waals surface area contributed by atoms with E-state index in [1.54, 1.807) is 4.90 Å². The number of hydrogen-bond donors (Lipinski definition) is 1.